The van der Waals surface area contributed by atoms with Gasteiger partial charge >= 0.3 is 6.18 Å². The van der Waals surface area contributed by atoms with E-state index in [0.717, 1.165) is 10.7 Å². The number of rotatable bonds is 1. The van der Waals surface area contributed by atoms with Gasteiger partial charge in [-0.2, -0.15) is 18.3 Å². The second-order valence-electron chi connectivity index (χ2n) is 4.54. The summed E-state index contributed by atoms with van der Waals surface area (Å²) in [6.07, 6.45) is -4.25. The van der Waals surface area contributed by atoms with Crippen molar-refractivity contribution >= 4 is 0 Å². The van der Waals surface area contributed by atoms with Crippen LogP contribution in [0, 0.1) is 0 Å². The Morgan fingerprint density at radius 2 is 2.00 bits per heavy atom. The number of aliphatic hydroxyl groups is 1. The lowest BCUT2D eigenvalue weighted by molar-refractivity contribution is -0.141. The van der Waals surface area contributed by atoms with Gasteiger partial charge in [0.1, 0.15) is 24.5 Å². The number of nitrogens with zero attached hydrogens (tertiary/aromatic N) is 2. The normalized spacial score (nSPS) is 22.2. The molecule has 4 nitrogen and oxygen atoms in total. The number of hydrogen-bond donors (Lipinski definition) is 1. The first-order valence-corrected chi connectivity index (χ1v) is 5.99. The Bertz CT molecular complexity index is 624. The molecular formula is C13H11F3N2O2. The number of halogens is 3. The molecule has 0 saturated carbocycles. The monoisotopic (exact) mass is 284 g/mol. The minimum absolute atomic E-state index is 0.0666. The maximum Gasteiger partial charge on any atom is 0.435 e. The number of fused-ring (bicyclic) bond motifs is 1. The second kappa shape index (κ2) is 4.52. The Hall–Kier alpha value is -2.02. The third kappa shape index (κ3) is 2.14. The molecule has 1 aliphatic heterocycles. The predicted molar refractivity (Wildman–Crippen MR) is 63.2 cm³/mol. The van der Waals surface area contributed by atoms with Crippen molar-refractivity contribution in [3.8, 4) is 5.75 Å². The second-order valence-corrected chi connectivity index (χ2v) is 4.54. The SMILES string of the molecule is OC1c2ccccc2OCC1n1ccc(C(F)(F)F)n1. The van der Waals surface area contributed by atoms with Crippen molar-refractivity contribution in [2.75, 3.05) is 6.61 Å². The molecule has 1 aliphatic rings. The van der Waals surface area contributed by atoms with E-state index in [1.54, 1.807) is 24.3 Å². The van der Waals surface area contributed by atoms with Crippen LogP contribution in [0.15, 0.2) is 36.5 Å². The number of aliphatic hydroxyl groups excluding tert-OH is 1. The molecule has 1 aromatic heterocycles. The van der Waals surface area contributed by atoms with Gasteiger partial charge in [-0.05, 0) is 12.1 Å². The molecule has 0 radical (unpaired) electrons. The number of alkyl halides is 3. The van der Waals surface area contributed by atoms with E-state index in [0.29, 0.717) is 11.3 Å². The van der Waals surface area contributed by atoms with E-state index in [-0.39, 0.29) is 6.61 Å². The molecule has 2 aromatic rings. The van der Waals surface area contributed by atoms with Gasteiger partial charge in [0.15, 0.2) is 5.69 Å². The molecule has 7 heteroatoms. The number of benzene rings is 1. The van der Waals surface area contributed by atoms with Crippen molar-refractivity contribution in [3.63, 3.8) is 0 Å². The molecule has 2 heterocycles. The molecule has 1 aromatic carbocycles. The summed E-state index contributed by atoms with van der Waals surface area (Å²) in [4.78, 5) is 0. The smallest absolute Gasteiger partial charge is 0.435 e. The Morgan fingerprint density at radius 1 is 1.25 bits per heavy atom. The van der Waals surface area contributed by atoms with Crippen molar-refractivity contribution in [1.82, 2.24) is 9.78 Å². The third-order valence-electron chi connectivity index (χ3n) is 3.25. The first-order valence-electron chi connectivity index (χ1n) is 5.99. The summed E-state index contributed by atoms with van der Waals surface area (Å²) < 4.78 is 44.2. The Kier molecular flexibility index (Phi) is 2.93. The highest BCUT2D eigenvalue weighted by Crippen LogP contribution is 2.38. The standard InChI is InChI=1S/C13H11F3N2O2/c14-13(15,16)11-5-6-18(17-11)9-7-20-10-4-2-1-3-8(10)12(9)19/h1-6,9,12,19H,7H2. The van der Waals surface area contributed by atoms with Crippen LogP contribution < -0.4 is 4.74 Å². The largest absolute Gasteiger partial charge is 0.491 e. The fourth-order valence-corrected chi connectivity index (χ4v) is 2.22. The van der Waals surface area contributed by atoms with Crippen LogP contribution in [-0.2, 0) is 6.18 Å². The van der Waals surface area contributed by atoms with Crippen molar-refractivity contribution in [2.45, 2.75) is 18.3 Å². The lowest BCUT2D eigenvalue weighted by Crippen LogP contribution is -2.29. The summed E-state index contributed by atoms with van der Waals surface area (Å²) in [6.45, 7) is 0.0666. The van der Waals surface area contributed by atoms with Gasteiger partial charge in [-0.25, -0.2) is 0 Å². The molecule has 2 unspecified atom stereocenters. The number of ether oxygens (including phenoxy) is 1. The van der Waals surface area contributed by atoms with Crippen molar-refractivity contribution in [3.05, 3.63) is 47.8 Å². The van der Waals surface area contributed by atoms with Crippen LogP contribution in [0.4, 0.5) is 13.2 Å². The number of aromatic nitrogens is 2. The van der Waals surface area contributed by atoms with Crippen LogP contribution in [0.2, 0.25) is 0 Å². The number of para-hydroxylation sites is 1. The predicted octanol–water partition coefficient (Wildman–Crippen LogP) is 2.57. The van der Waals surface area contributed by atoms with Gasteiger partial charge in [0, 0.05) is 11.8 Å². The summed E-state index contributed by atoms with van der Waals surface area (Å²) in [5, 5.41) is 13.7. The van der Waals surface area contributed by atoms with E-state index in [9.17, 15) is 18.3 Å². The molecule has 1 N–H and O–H groups in total. The van der Waals surface area contributed by atoms with E-state index in [2.05, 4.69) is 5.10 Å². The van der Waals surface area contributed by atoms with Crippen LogP contribution in [0.25, 0.3) is 0 Å². The molecular weight excluding hydrogens is 273 g/mol. The van der Waals surface area contributed by atoms with Crippen LogP contribution in [0.3, 0.4) is 0 Å². The minimum Gasteiger partial charge on any atom is -0.491 e. The Morgan fingerprint density at radius 3 is 2.70 bits per heavy atom. The van der Waals surface area contributed by atoms with Gasteiger partial charge in [0.25, 0.3) is 0 Å². The molecule has 0 fully saturated rings. The van der Waals surface area contributed by atoms with Crippen LogP contribution in [-0.4, -0.2) is 21.5 Å². The maximum absolute atomic E-state index is 12.5. The van der Waals surface area contributed by atoms with Gasteiger partial charge < -0.3 is 9.84 Å². The van der Waals surface area contributed by atoms with Gasteiger partial charge in [-0.1, -0.05) is 18.2 Å². The van der Waals surface area contributed by atoms with E-state index in [1.807, 2.05) is 0 Å². The summed E-state index contributed by atoms with van der Waals surface area (Å²) in [6, 6.07) is 7.09. The molecule has 3 rings (SSSR count). The molecule has 0 aliphatic carbocycles. The highest BCUT2D eigenvalue weighted by atomic mass is 19.4. The average Bonchev–Trinajstić information content (AvgIpc) is 2.89. The summed E-state index contributed by atoms with van der Waals surface area (Å²) in [5.74, 6) is 0.541. The van der Waals surface area contributed by atoms with Crippen LogP contribution in [0.5, 0.6) is 5.75 Å². The minimum atomic E-state index is -4.50. The van der Waals surface area contributed by atoms with Crippen LogP contribution in [0.1, 0.15) is 23.4 Å². The highest BCUT2D eigenvalue weighted by Gasteiger charge is 2.36. The molecule has 2 atom stereocenters. The Labute approximate surface area is 112 Å². The fourth-order valence-electron chi connectivity index (χ4n) is 2.22. The first kappa shape index (κ1) is 13.0. The van der Waals surface area contributed by atoms with Gasteiger partial charge in [-0.15, -0.1) is 0 Å². The lowest BCUT2D eigenvalue weighted by atomic mass is 9.99. The van der Waals surface area contributed by atoms with E-state index < -0.39 is 24.0 Å². The fraction of sp³-hybridized carbons (Fsp3) is 0.308. The first-order chi connectivity index (χ1) is 9.47. The van der Waals surface area contributed by atoms with Gasteiger partial charge in [-0.3, -0.25) is 4.68 Å². The van der Waals surface area contributed by atoms with Crippen LogP contribution >= 0.6 is 0 Å². The topological polar surface area (TPSA) is 47.3 Å². The molecule has 0 saturated heterocycles. The molecule has 20 heavy (non-hydrogen) atoms. The zero-order chi connectivity index (χ0) is 14.3. The van der Waals surface area contributed by atoms with E-state index in [1.165, 1.54) is 6.20 Å². The van der Waals surface area contributed by atoms with Gasteiger partial charge in [0.2, 0.25) is 0 Å². The maximum atomic E-state index is 12.5. The lowest BCUT2D eigenvalue weighted by Gasteiger charge is -2.30. The molecule has 0 amide bonds. The van der Waals surface area contributed by atoms with E-state index >= 15 is 0 Å². The summed E-state index contributed by atoms with van der Waals surface area (Å²) in [5.41, 5.74) is -0.434. The molecule has 106 valence electrons. The number of hydrogen-bond acceptors (Lipinski definition) is 3. The van der Waals surface area contributed by atoms with Crippen molar-refractivity contribution in [2.24, 2.45) is 0 Å². The summed E-state index contributed by atoms with van der Waals surface area (Å²) in [7, 11) is 0. The highest BCUT2D eigenvalue weighted by molar-refractivity contribution is 5.37. The van der Waals surface area contributed by atoms with Gasteiger partial charge in [0.05, 0.1) is 0 Å². The summed E-state index contributed by atoms with van der Waals surface area (Å²) >= 11 is 0. The Balaban J connectivity index is 1.91. The van der Waals surface area contributed by atoms with E-state index in [4.69, 9.17) is 4.74 Å². The van der Waals surface area contributed by atoms with Crippen molar-refractivity contribution < 1.29 is 23.0 Å². The third-order valence-corrected chi connectivity index (χ3v) is 3.25. The average molecular weight is 284 g/mol. The molecule has 0 spiro atoms. The zero-order valence-corrected chi connectivity index (χ0v) is 10.2. The molecule has 0 bridgehead atoms. The zero-order valence-electron chi connectivity index (χ0n) is 10.2. The quantitative estimate of drug-likeness (QED) is 0.875. The van der Waals surface area contributed by atoms with Crippen molar-refractivity contribution in [1.29, 1.82) is 0 Å².